The number of hydrogen-bond acceptors (Lipinski definition) is 7. The van der Waals surface area contributed by atoms with Gasteiger partial charge in [-0.15, -0.1) is 0 Å². The number of carbonyl (C=O) groups excluding carboxylic acids is 3. The van der Waals surface area contributed by atoms with Gasteiger partial charge in [0, 0.05) is 16.7 Å². The summed E-state index contributed by atoms with van der Waals surface area (Å²) in [6.07, 6.45) is 1.67. The SMILES string of the molecule is CCOc1cc(/C=C2\SC(=O)N(Cc3ccc(I)cc3)C2=O)ccc1OCC(=O)N1CCOCC1. The Hall–Kier alpha value is -2.57. The summed E-state index contributed by atoms with van der Waals surface area (Å²) in [5.74, 6) is 0.473. The largest absolute Gasteiger partial charge is 0.490 e. The number of ether oxygens (including phenoxy) is 3. The van der Waals surface area contributed by atoms with Gasteiger partial charge in [0.15, 0.2) is 18.1 Å². The van der Waals surface area contributed by atoms with Gasteiger partial charge in [0.1, 0.15) is 0 Å². The second-order valence-electron chi connectivity index (χ2n) is 7.82. The van der Waals surface area contributed by atoms with Crippen molar-refractivity contribution in [2.75, 3.05) is 39.5 Å². The van der Waals surface area contributed by atoms with Gasteiger partial charge in [-0.3, -0.25) is 19.3 Å². The standard InChI is InChI=1S/C25H25IN2O6S/c1-2-33-21-13-18(5-8-20(21)34-16-23(29)27-9-11-32-12-10-27)14-22-24(30)28(25(31)35-22)15-17-3-6-19(26)7-4-17/h3-8,13-14H,2,9-12,15-16H2,1H3/b22-14-. The van der Waals surface area contributed by atoms with Crippen LogP contribution in [-0.2, 0) is 20.9 Å². The number of morpholine rings is 1. The van der Waals surface area contributed by atoms with Crippen molar-refractivity contribution in [2.24, 2.45) is 0 Å². The van der Waals surface area contributed by atoms with E-state index in [2.05, 4.69) is 22.6 Å². The number of benzene rings is 2. The van der Waals surface area contributed by atoms with Gasteiger partial charge in [-0.05, 0) is 82.7 Å². The third-order valence-electron chi connectivity index (χ3n) is 5.41. The number of imide groups is 1. The van der Waals surface area contributed by atoms with Crippen LogP contribution in [0.15, 0.2) is 47.4 Å². The maximum absolute atomic E-state index is 12.9. The zero-order chi connectivity index (χ0) is 24.8. The van der Waals surface area contributed by atoms with Crippen LogP contribution in [0, 0.1) is 3.57 Å². The molecular weight excluding hydrogens is 583 g/mol. The molecule has 0 N–H and O–H groups in total. The van der Waals surface area contributed by atoms with Crippen LogP contribution >= 0.6 is 34.4 Å². The minimum Gasteiger partial charge on any atom is -0.490 e. The first-order valence-corrected chi connectivity index (χ1v) is 13.1. The minimum absolute atomic E-state index is 0.100. The molecule has 0 bridgehead atoms. The van der Waals surface area contributed by atoms with Gasteiger partial charge in [-0.2, -0.15) is 0 Å². The Bertz CT molecular complexity index is 1130. The maximum atomic E-state index is 12.9. The molecule has 0 aromatic heterocycles. The second kappa shape index (κ2) is 11.9. The average Bonchev–Trinajstić information content (AvgIpc) is 3.12. The molecule has 2 heterocycles. The maximum Gasteiger partial charge on any atom is 0.293 e. The molecule has 0 saturated carbocycles. The molecular formula is C25H25IN2O6S. The first kappa shape index (κ1) is 25.5. The number of nitrogens with zero attached hydrogens (tertiary/aromatic N) is 2. The zero-order valence-electron chi connectivity index (χ0n) is 19.2. The van der Waals surface area contributed by atoms with Crippen LogP contribution in [0.5, 0.6) is 11.5 Å². The van der Waals surface area contributed by atoms with Gasteiger partial charge < -0.3 is 19.1 Å². The Labute approximate surface area is 221 Å². The molecule has 0 atom stereocenters. The lowest BCUT2D eigenvalue weighted by Crippen LogP contribution is -2.43. The fourth-order valence-corrected chi connectivity index (χ4v) is 4.80. The van der Waals surface area contributed by atoms with Crippen molar-refractivity contribution < 1.29 is 28.6 Å². The normalized spacial score (nSPS) is 17.3. The van der Waals surface area contributed by atoms with E-state index in [0.717, 1.165) is 20.9 Å². The Morgan fingerprint density at radius 3 is 2.54 bits per heavy atom. The Morgan fingerprint density at radius 2 is 1.83 bits per heavy atom. The van der Waals surface area contributed by atoms with Crippen molar-refractivity contribution in [3.05, 3.63) is 62.1 Å². The summed E-state index contributed by atoms with van der Waals surface area (Å²) in [7, 11) is 0. The van der Waals surface area contributed by atoms with Crippen molar-refractivity contribution in [1.29, 1.82) is 0 Å². The molecule has 35 heavy (non-hydrogen) atoms. The van der Waals surface area contributed by atoms with Gasteiger partial charge in [0.25, 0.3) is 17.1 Å². The third kappa shape index (κ3) is 6.56. The van der Waals surface area contributed by atoms with E-state index in [1.807, 2.05) is 31.2 Å². The van der Waals surface area contributed by atoms with Gasteiger partial charge in [-0.1, -0.05) is 18.2 Å². The van der Waals surface area contributed by atoms with Gasteiger partial charge in [0.05, 0.1) is 31.3 Å². The Kier molecular flexibility index (Phi) is 8.69. The first-order chi connectivity index (χ1) is 16.9. The fourth-order valence-electron chi connectivity index (χ4n) is 3.61. The lowest BCUT2D eigenvalue weighted by Gasteiger charge is -2.26. The summed E-state index contributed by atoms with van der Waals surface area (Å²) >= 11 is 3.13. The minimum atomic E-state index is -0.326. The number of hydrogen-bond donors (Lipinski definition) is 0. The molecule has 2 aliphatic heterocycles. The van der Waals surface area contributed by atoms with E-state index in [-0.39, 0.29) is 30.2 Å². The lowest BCUT2D eigenvalue weighted by atomic mass is 10.1. The van der Waals surface area contributed by atoms with Crippen molar-refractivity contribution in [2.45, 2.75) is 13.5 Å². The van der Waals surface area contributed by atoms with Gasteiger partial charge in [0.2, 0.25) is 0 Å². The van der Waals surface area contributed by atoms with E-state index in [9.17, 15) is 14.4 Å². The highest BCUT2D eigenvalue weighted by atomic mass is 127. The summed E-state index contributed by atoms with van der Waals surface area (Å²) in [6, 6.07) is 12.9. The van der Waals surface area contributed by atoms with Crippen LogP contribution in [0.25, 0.3) is 6.08 Å². The summed E-state index contributed by atoms with van der Waals surface area (Å²) < 4.78 is 17.8. The molecule has 0 spiro atoms. The predicted octanol–water partition coefficient (Wildman–Crippen LogP) is 4.16. The van der Waals surface area contributed by atoms with Gasteiger partial charge >= 0.3 is 0 Å². The number of thioether (sulfide) groups is 1. The smallest absolute Gasteiger partial charge is 0.293 e. The number of rotatable bonds is 8. The molecule has 0 aliphatic carbocycles. The number of halogens is 1. The lowest BCUT2D eigenvalue weighted by molar-refractivity contribution is -0.137. The predicted molar refractivity (Wildman–Crippen MR) is 141 cm³/mol. The highest BCUT2D eigenvalue weighted by Crippen LogP contribution is 2.35. The number of amides is 3. The van der Waals surface area contributed by atoms with E-state index in [1.54, 1.807) is 29.2 Å². The molecule has 2 aromatic carbocycles. The molecule has 0 radical (unpaired) electrons. The van der Waals surface area contributed by atoms with Crippen molar-refractivity contribution in [3.8, 4) is 11.5 Å². The summed E-state index contributed by atoms with van der Waals surface area (Å²) in [5.41, 5.74) is 1.58. The molecule has 3 amide bonds. The Balaban J connectivity index is 1.45. The van der Waals surface area contributed by atoms with E-state index in [0.29, 0.717) is 54.9 Å². The van der Waals surface area contributed by atoms with E-state index in [4.69, 9.17) is 14.2 Å². The molecule has 4 rings (SSSR count). The van der Waals surface area contributed by atoms with Crippen molar-refractivity contribution in [3.63, 3.8) is 0 Å². The average molecular weight is 608 g/mol. The zero-order valence-corrected chi connectivity index (χ0v) is 22.2. The van der Waals surface area contributed by atoms with Crippen LogP contribution in [-0.4, -0.2) is 66.4 Å². The molecule has 10 heteroatoms. The highest BCUT2D eigenvalue weighted by Gasteiger charge is 2.35. The van der Waals surface area contributed by atoms with Gasteiger partial charge in [-0.25, -0.2) is 0 Å². The van der Waals surface area contributed by atoms with Crippen LogP contribution in [0.2, 0.25) is 0 Å². The summed E-state index contributed by atoms with van der Waals surface area (Å²) in [5, 5.41) is -0.300. The third-order valence-corrected chi connectivity index (χ3v) is 7.03. The fraction of sp³-hybridized carbons (Fsp3) is 0.320. The molecule has 0 unspecified atom stereocenters. The second-order valence-corrected chi connectivity index (χ2v) is 10.1. The molecule has 2 aromatic rings. The summed E-state index contributed by atoms with van der Waals surface area (Å²) in [4.78, 5) is 41.1. The van der Waals surface area contributed by atoms with Crippen LogP contribution < -0.4 is 9.47 Å². The monoisotopic (exact) mass is 608 g/mol. The first-order valence-electron chi connectivity index (χ1n) is 11.2. The van der Waals surface area contributed by atoms with Crippen molar-refractivity contribution in [1.82, 2.24) is 9.80 Å². The molecule has 2 fully saturated rings. The van der Waals surface area contributed by atoms with Crippen molar-refractivity contribution >= 4 is 57.5 Å². The molecule has 2 aliphatic rings. The van der Waals surface area contributed by atoms with E-state index >= 15 is 0 Å². The highest BCUT2D eigenvalue weighted by molar-refractivity contribution is 14.1. The quantitative estimate of drug-likeness (QED) is 0.329. The van der Waals surface area contributed by atoms with Crippen LogP contribution in [0.1, 0.15) is 18.1 Å². The van der Waals surface area contributed by atoms with Crippen LogP contribution in [0.4, 0.5) is 4.79 Å². The van der Waals surface area contributed by atoms with Crippen LogP contribution in [0.3, 0.4) is 0 Å². The molecule has 2 saturated heterocycles. The topological polar surface area (TPSA) is 85.4 Å². The number of carbonyl (C=O) groups is 3. The van der Waals surface area contributed by atoms with E-state index in [1.165, 1.54) is 4.90 Å². The molecule has 184 valence electrons. The Morgan fingerprint density at radius 1 is 1.09 bits per heavy atom. The summed E-state index contributed by atoms with van der Waals surface area (Å²) in [6.45, 7) is 4.55. The molecule has 8 nitrogen and oxygen atoms in total. The van der Waals surface area contributed by atoms with E-state index < -0.39 is 0 Å².